The van der Waals surface area contributed by atoms with Gasteiger partial charge >= 0.3 is 0 Å². The molecule has 0 spiro atoms. The first-order valence-electron chi connectivity index (χ1n) is 11.6. The van der Waals surface area contributed by atoms with Gasteiger partial charge in [0.1, 0.15) is 0 Å². The highest BCUT2D eigenvalue weighted by atomic mass is 127. The molecule has 7 nitrogen and oxygen atoms in total. The second-order valence-electron chi connectivity index (χ2n) is 9.44. The third-order valence-electron chi connectivity index (χ3n) is 7.22. The molecule has 3 atom stereocenters. The quantitative estimate of drug-likeness (QED) is 0.329. The Labute approximate surface area is 209 Å². The number of benzene rings is 1. The summed E-state index contributed by atoms with van der Waals surface area (Å²) in [7, 11) is 3.36. The molecule has 3 fully saturated rings. The summed E-state index contributed by atoms with van der Waals surface area (Å²) in [5.74, 6) is 3.24. The van der Waals surface area contributed by atoms with Crippen molar-refractivity contribution in [3.8, 4) is 11.5 Å². The van der Waals surface area contributed by atoms with Gasteiger partial charge in [0, 0.05) is 63.3 Å². The summed E-state index contributed by atoms with van der Waals surface area (Å²) in [4.78, 5) is 9.76. The molecule has 3 aliphatic rings. The summed E-state index contributed by atoms with van der Waals surface area (Å²) in [5.41, 5.74) is 1.40. The van der Waals surface area contributed by atoms with Crippen molar-refractivity contribution in [2.75, 3.05) is 53.6 Å². The first kappa shape index (κ1) is 25.4. The summed E-state index contributed by atoms with van der Waals surface area (Å²) < 4.78 is 16.8. The molecule has 4 rings (SSSR count). The van der Waals surface area contributed by atoms with Gasteiger partial charge in [-0.2, -0.15) is 0 Å². The highest BCUT2D eigenvalue weighted by Crippen LogP contribution is 2.52. The van der Waals surface area contributed by atoms with E-state index >= 15 is 0 Å². The lowest BCUT2D eigenvalue weighted by Gasteiger charge is -2.55. The summed E-state index contributed by atoms with van der Waals surface area (Å²) in [6.45, 7) is 13.4. The zero-order valence-corrected chi connectivity index (χ0v) is 22.4. The van der Waals surface area contributed by atoms with Gasteiger partial charge in [0.2, 0.25) is 0 Å². The Kier molecular flexibility index (Phi) is 8.54. The molecular weight excluding hydrogens is 519 g/mol. The van der Waals surface area contributed by atoms with Crippen LogP contribution in [0.15, 0.2) is 23.2 Å². The van der Waals surface area contributed by atoms with Crippen LogP contribution in [0, 0.1) is 11.3 Å². The van der Waals surface area contributed by atoms with Crippen LogP contribution in [0.3, 0.4) is 0 Å². The maximum Gasteiger partial charge on any atom is 0.194 e. The molecule has 1 aromatic carbocycles. The number of guanidine groups is 1. The van der Waals surface area contributed by atoms with E-state index in [9.17, 15) is 0 Å². The predicted molar refractivity (Wildman–Crippen MR) is 138 cm³/mol. The average Bonchev–Trinajstić information content (AvgIpc) is 3.24. The van der Waals surface area contributed by atoms with Crippen LogP contribution in [0.2, 0.25) is 0 Å². The van der Waals surface area contributed by atoms with E-state index in [-0.39, 0.29) is 29.4 Å². The topological polar surface area (TPSA) is 58.6 Å². The number of methoxy groups -OCH3 is 2. The molecule has 0 amide bonds. The van der Waals surface area contributed by atoms with Crippen molar-refractivity contribution in [2.45, 2.75) is 45.9 Å². The summed E-state index contributed by atoms with van der Waals surface area (Å²) in [6.07, 6.45) is 1.55. The van der Waals surface area contributed by atoms with E-state index in [1.54, 1.807) is 14.2 Å². The zero-order chi connectivity index (χ0) is 22.0. The van der Waals surface area contributed by atoms with Crippen molar-refractivity contribution in [3.63, 3.8) is 0 Å². The minimum Gasteiger partial charge on any atom is -0.493 e. The van der Waals surface area contributed by atoms with E-state index < -0.39 is 0 Å². The minimum absolute atomic E-state index is 0. The third kappa shape index (κ3) is 4.97. The molecule has 0 radical (unpaired) electrons. The average molecular weight is 559 g/mol. The van der Waals surface area contributed by atoms with E-state index in [1.165, 1.54) is 5.56 Å². The van der Waals surface area contributed by atoms with Gasteiger partial charge in [-0.1, -0.05) is 19.9 Å². The molecule has 2 saturated heterocycles. The SMILES string of the molecule is CCN=C(NC1C2CCOC2C1(C)C)N1CCN(Cc2ccc(OC)c(OC)c2)CC1.I. The van der Waals surface area contributed by atoms with Gasteiger partial charge in [-0.15, -0.1) is 24.0 Å². The Morgan fingerprint density at radius 1 is 1.16 bits per heavy atom. The van der Waals surface area contributed by atoms with E-state index in [0.717, 1.165) is 69.8 Å². The van der Waals surface area contributed by atoms with Crippen molar-refractivity contribution in [3.05, 3.63) is 23.8 Å². The molecule has 3 unspecified atom stereocenters. The summed E-state index contributed by atoms with van der Waals surface area (Å²) in [5, 5.41) is 3.83. The number of aliphatic imine (C=N–C) groups is 1. The fourth-order valence-corrected chi connectivity index (χ4v) is 5.50. The van der Waals surface area contributed by atoms with E-state index in [1.807, 2.05) is 6.07 Å². The highest BCUT2D eigenvalue weighted by molar-refractivity contribution is 14.0. The van der Waals surface area contributed by atoms with Gasteiger partial charge in [-0.25, -0.2) is 0 Å². The molecule has 2 heterocycles. The van der Waals surface area contributed by atoms with E-state index in [0.29, 0.717) is 18.1 Å². The number of hydrogen-bond acceptors (Lipinski definition) is 5. The normalized spacial score (nSPS) is 27.2. The second-order valence-corrected chi connectivity index (χ2v) is 9.44. The molecule has 2 aliphatic heterocycles. The zero-order valence-electron chi connectivity index (χ0n) is 20.1. The van der Waals surface area contributed by atoms with Crippen LogP contribution in [0.4, 0.5) is 0 Å². The Bertz CT molecular complexity index is 795. The van der Waals surface area contributed by atoms with Crippen LogP contribution < -0.4 is 14.8 Å². The molecule has 32 heavy (non-hydrogen) atoms. The molecule has 180 valence electrons. The van der Waals surface area contributed by atoms with E-state index in [2.05, 4.69) is 48.0 Å². The van der Waals surface area contributed by atoms with Crippen molar-refractivity contribution < 1.29 is 14.2 Å². The van der Waals surface area contributed by atoms with Crippen molar-refractivity contribution in [1.82, 2.24) is 15.1 Å². The fraction of sp³-hybridized carbons (Fsp3) is 0.708. The van der Waals surface area contributed by atoms with Gasteiger partial charge < -0.3 is 24.4 Å². The van der Waals surface area contributed by atoms with Crippen molar-refractivity contribution in [2.24, 2.45) is 16.3 Å². The van der Waals surface area contributed by atoms with Crippen LogP contribution in [0.25, 0.3) is 0 Å². The number of nitrogens with one attached hydrogen (secondary N) is 1. The van der Waals surface area contributed by atoms with Crippen LogP contribution in [0.5, 0.6) is 11.5 Å². The third-order valence-corrected chi connectivity index (χ3v) is 7.22. The molecule has 1 saturated carbocycles. The molecule has 1 aromatic rings. The van der Waals surface area contributed by atoms with Gasteiger partial charge in [-0.3, -0.25) is 9.89 Å². The number of ether oxygens (including phenoxy) is 3. The maximum atomic E-state index is 5.97. The lowest BCUT2D eigenvalue weighted by atomic mass is 9.57. The number of rotatable bonds is 6. The lowest BCUT2D eigenvalue weighted by Crippen LogP contribution is -2.68. The van der Waals surface area contributed by atoms with Gasteiger partial charge in [0.15, 0.2) is 17.5 Å². The molecule has 8 heteroatoms. The molecular formula is C24H39IN4O3. The van der Waals surface area contributed by atoms with Crippen LogP contribution in [-0.4, -0.2) is 81.5 Å². The molecule has 0 aromatic heterocycles. The largest absolute Gasteiger partial charge is 0.493 e. The molecule has 0 bridgehead atoms. The van der Waals surface area contributed by atoms with Crippen LogP contribution in [0.1, 0.15) is 32.8 Å². The van der Waals surface area contributed by atoms with E-state index in [4.69, 9.17) is 19.2 Å². The fourth-order valence-electron chi connectivity index (χ4n) is 5.50. The number of hydrogen-bond donors (Lipinski definition) is 1. The summed E-state index contributed by atoms with van der Waals surface area (Å²) in [6, 6.07) is 6.63. The predicted octanol–water partition coefficient (Wildman–Crippen LogP) is 3.22. The minimum atomic E-state index is 0. The van der Waals surface area contributed by atoms with Crippen molar-refractivity contribution >= 4 is 29.9 Å². The smallest absolute Gasteiger partial charge is 0.194 e. The Morgan fingerprint density at radius 3 is 2.53 bits per heavy atom. The number of fused-ring (bicyclic) bond motifs is 1. The molecule has 1 N–H and O–H groups in total. The van der Waals surface area contributed by atoms with Crippen LogP contribution in [-0.2, 0) is 11.3 Å². The lowest BCUT2D eigenvalue weighted by molar-refractivity contribution is -0.107. The van der Waals surface area contributed by atoms with Crippen LogP contribution >= 0.6 is 24.0 Å². The Balaban J connectivity index is 0.00000289. The monoisotopic (exact) mass is 558 g/mol. The van der Waals surface area contributed by atoms with Gasteiger partial charge in [0.05, 0.1) is 20.3 Å². The maximum absolute atomic E-state index is 5.97. The summed E-state index contributed by atoms with van der Waals surface area (Å²) >= 11 is 0. The number of piperazine rings is 1. The first-order valence-corrected chi connectivity index (χ1v) is 11.6. The van der Waals surface area contributed by atoms with Crippen molar-refractivity contribution in [1.29, 1.82) is 0 Å². The van der Waals surface area contributed by atoms with Gasteiger partial charge in [-0.05, 0) is 31.0 Å². The number of halogens is 1. The molecule has 1 aliphatic carbocycles. The first-order chi connectivity index (χ1) is 15.0. The standard InChI is InChI=1S/C24H38N4O3.HI/c1-6-25-23(26-21-18-9-14-31-22(18)24(21,2)3)28-12-10-27(11-13-28)16-17-7-8-19(29-4)20(15-17)30-5;/h7-8,15,18,21-22H,6,9-14,16H2,1-5H3,(H,25,26);1H. The Hall–Kier alpha value is -1.26. The highest BCUT2D eigenvalue weighted by Gasteiger charge is 2.59. The second kappa shape index (κ2) is 10.8. The number of nitrogens with zero attached hydrogens (tertiary/aromatic N) is 3. The van der Waals surface area contributed by atoms with Gasteiger partial charge in [0.25, 0.3) is 0 Å². The Morgan fingerprint density at radius 2 is 1.88 bits per heavy atom.